The van der Waals surface area contributed by atoms with Gasteiger partial charge >= 0.3 is 0 Å². The minimum atomic E-state index is 1.06. The van der Waals surface area contributed by atoms with E-state index in [9.17, 15) is 0 Å². The molecule has 1 aliphatic rings. The van der Waals surface area contributed by atoms with Gasteiger partial charge in [0.2, 0.25) is 0 Å². The molecule has 0 spiro atoms. The molecule has 0 N–H and O–H groups in total. The van der Waals surface area contributed by atoms with Crippen molar-refractivity contribution in [1.29, 1.82) is 0 Å². The summed E-state index contributed by atoms with van der Waals surface area (Å²) in [6.45, 7) is 9.09. The number of unbranched alkanes of at least 4 members (excludes halogenated alkanes) is 4. The van der Waals surface area contributed by atoms with Crippen molar-refractivity contribution in [2.75, 3.05) is 0 Å². The van der Waals surface area contributed by atoms with E-state index in [1.54, 1.807) is 68.0 Å². The lowest BCUT2D eigenvalue weighted by Crippen LogP contribution is -1.95. The van der Waals surface area contributed by atoms with E-state index in [-0.39, 0.29) is 0 Å². The van der Waals surface area contributed by atoms with E-state index in [4.69, 9.17) is 0 Å². The highest BCUT2D eigenvalue weighted by Gasteiger charge is 2.17. The third-order valence-corrected chi connectivity index (χ3v) is 16.0. The molecule has 0 atom stereocenters. The van der Waals surface area contributed by atoms with Gasteiger partial charge in [0.1, 0.15) is 0 Å². The van der Waals surface area contributed by atoms with E-state index in [2.05, 4.69) is 148 Å². The number of thiophene rings is 6. The van der Waals surface area contributed by atoms with Gasteiger partial charge in [0.05, 0.1) is 39.0 Å². The van der Waals surface area contributed by atoms with Gasteiger partial charge in [-0.1, -0.05) is 53.4 Å². The lowest BCUT2D eigenvalue weighted by Gasteiger charge is -2.05. The molecular formula is C52H48S6. The fourth-order valence-electron chi connectivity index (χ4n) is 6.71. The average Bonchev–Trinajstić information content (AvgIpc) is 4.10. The second-order valence-corrected chi connectivity index (χ2v) is 20.8. The van der Waals surface area contributed by atoms with Crippen LogP contribution in [0.1, 0.15) is 160 Å². The number of fused-ring (bicyclic) bond motifs is 12. The molecule has 0 saturated carbocycles. The molecule has 0 aromatic carbocycles. The number of hydrogen-bond acceptors (Lipinski definition) is 6. The maximum atomic E-state index is 3.62. The van der Waals surface area contributed by atoms with Crippen LogP contribution in [0.4, 0.5) is 0 Å². The second-order valence-electron chi connectivity index (χ2n) is 14.3. The zero-order valence-corrected chi connectivity index (χ0v) is 38.8. The predicted molar refractivity (Wildman–Crippen MR) is 262 cm³/mol. The highest BCUT2D eigenvalue weighted by molar-refractivity contribution is 7.15. The lowest BCUT2D eigenvalue weighted by atomic mass is 9.98. The third kappa shape index (κ3) is 11.1. The second kappa shape index (κ2) is 21.3. The van der Waals surface area contributed by atoms with Crippen LogP contribution in [0.5, 0.6) is 0 Å². The van der Waals surface area contributed by atoms with Gasteiger partial charge in [-0.3, -0.25) is 0 Å². The van der Waals surface area contributed by atoms with Crippen LogP contribution in [0.15, 0.2) is 48.5 Å². The van der Waals surface area contributed by atoms with Crippen molar-refractivity contribution >= 4 is 92.3 Å². The number of hydrogen-bond donors (Lipinski definition) is 0. The summed E-state index contributed by atoms with van der Waals surface area (Å²) in [5.74, 6) is 28.7. The van der Waals surface area contributed by atoms with Gasteiger partial charge in [-0.15, -0.1) is 68.0 Å². The largest absolute Gasteiger partial charge is 0.127 e. The van der Waals surface area contributed by atoms with Crippen molar-refractivity contribution in [2.24, 2.45) is 0 Å². The van der Waals surface area contributed by atoms with Gasteiger partial charge in [0, 0.05) is 19.5 Å². The summed E-state index contributed by atoms with van der Waals surface area (Å²) < 4.78 is 0. The first-order valence-electron chi connectivity index (χ1n) is 20.7. The highest BCUT2D eigenvalue weighted by Crippen LogP contribution is 2.33. The molecule has 7 rings (SSSR count). The van der Waals surface area contributed by atoms with Crippen LogP contribution in [0.25, 0.3) is 24.3 Å². The summed E-state index contributed by atoms with van der Waals surface area (Å²) >= 11 is 10.6. The van der Waals surface area contributed by atoms with Crippen molar-refractivity contribution in [2.45, 2.75) is 105 Å². The maximum absolute atomic E-state index is 3.62. The first kappa shape index (κ1) is 42.1. The minimum Gasteiger partial charge on any atom is -0.127 e. The molecule has 292 valence electrons. The van der Waals surface area contributed by atoms with Gasteiger partial charge in [0.25, 0.3) is 0 Å². The zero-order valence-electron chi connectivity index (χ0n) is 33.9. The summed E-state index contributed by atoms with van der Waals surface area (Å²) in [6.07, 6.45) is 22.4. The Balaban J connectivity index is 1.28. The van der Waals surface area contributed by atoms with Crippen LogP contribution >= 0.6 is 68.0 Å². The van der Waals surface area contributed by atoms with E-state index in [0.717, 1.165) is 96.6 Å². The van der Waals surface area contributed by atoms with Crippen LogP contribution in [0, 0.1) is 47.4 Å². The Bertz CT molecular complexity index is 2290. The van der Waals surface area contributed by atoms with E-state index in [0.29, 0.717) is 0 Å². The van der Waals surface area contributed by atoms with E-state index >= 15 is 0 Å². The van der Waals surface area contributed by atoms with Crippen LogP contribution in [-0.4, -0.2) is 0 Å². The van der Waals surface area contributed by atoms with Crippen LogP contribution < -0.4 is 0 Å². The molecule has 7 heterocycles. The van der Waals surface area contributed by atoms with Crippen LogP contribution in [-0.2, 0) is 25.7 Å². The SMILES string of the molecule is CCCCc1c2sc(c1CCCC)C#Cc1ccc(s1)/C=C\c1ccc(s1)C#Cc1sc(c(CCCC)c1CCCC)C#Cc1ccc(s1)/C=C\c1ccc(s1)C#C2. The Morgan fingerprint density at radius 2 is 0.552 bits per heavy atom. The average molecular weight is 865 g/mol. The molecule has 6 aromatic rings. The molecular weight excluding hydrogens is 817 g/mol. The third-order valence-electron chi connectivity index (χ3n) is 9.88. The van der Waals surface area contributed by atoms with Gasteiger partial charge in [-0.25, -0.2) is 0 Å². The van der Waals surface area contributed by atoms with Crippen LogP contribution in [0.2, 0.25) is 0 Å². The molecule has 0 amide bonds. The molecule has 6 heteroatoms. The van der Waals surface area contributed by atoms with Gasteiger partial charge in [-0.05, 0) is 194 Å². The van der Waals surface area contributed by atoms with Crippen LogP contribution in [0.3, 0.4) is 0 Å². The highest BCUT2D eigenvalue weighted by atomic mass is 32.1. The van der Waals surface area contributed by atoms with Crippen molar-refractivity contribution in [3.05, 3.63) is 129 Å². The van der Waals surface area contributed by atoms with Gasteiger partial charge in [-0.2, -0.15) is 0 Å². The fraction of sp³-hybridized carbons (Fsp3) is 0.308. The first-order chi connectivity index (χ1) is 28.5. The Morgan fingerprint density at radius 1 is 0.310 bits per heavy atom. The Labute approximate surface area is 370 Å². The normalized spacial score (nSPS) is 12.9. The van der Waals surface area contributed by atoms with E-state index in [1.165, 1.54) is 61.3 Å². The van der Waals surface area contributed by atoms with Gasteiger partial charge in [0.15, 0.2) is 0 Å². The van der Waals surface area contributed by atoms with Crippen molar-refractivity contribution in [1.82, 2.24) is 0 Å². The van der Waals surface area contributed by atoms with E-state index < -0.39 is 0 Å². The van der Waals surface area contributed by atoms with Gasteiger partial charge < -0.3 is 0 Å². The fourth-order valence-corrected chi connectivity index (χ4v) is 12.0. The zero-order chi connectivity index (χ0) is 40.1. The molecule has 58 heavy (non-hydrogen) atoms. The predicted octanol–water partition coefficient (Wildman–Crippen LogP) is 15.7. The standard InChI is InChI=1S/C52H48S6/c1-5-9-13-45-46(14-10-6-2)50-34-30-42-26-22-38(54-42)19-20-40-24-28-44(56-40)32-36-52-48(16-12-8-4)47(15-11-7-3)51(58-52)35-31-43-27-23-39(55-43)18-17-37-21-25-41(53-37)29-33-49(45)57-50/h17-28H,5-16H2,1-4H3/b18-17-,20-19-,37-17?,38-19?,39-18?,40-20?. The quantitative estimate of drug-likeness (QED) is 0.107. The summed E-state index contributed by atoms with van der Waals surface area (Å²) in [4.78, 5) is 13.9. The molecule has 6 aromatic heterocycles. The minimum absolute atomic E-state index is 1.06. The molecule has 0 unspecified atom stereocenters. The molecule has 0 aliphatic carbocycles. The summed E-state index contributed by atoms with van der Waals surface area (Å²) in [5, 5.41) is 0. The Morgan fingerprint density at radius 3 is 0.776 bits per heavy atom. The van der Waals surface area contributed by atoms with E-state index in [1.807, 2.05) is 0 Å². The summed E-state index contributed by atoms with van der Waals surface area (Å²) in [6, 6.07) is 17.4. The van der Waals surface area contributed by atoms with Crippen molar-refractivity contribution < 1.29 is 0 Å². The number of rotatable bonds is 12. The first-order valence-corrected chi connectivity index (χ1v) is 25.6. The maximum Gasteiger partial charge on any atom is 0.0820 e. The smallest absolute Gasteiger partial charge is 0.0820 e. The Hall–Kier alpha value is -4.08. The van der Waals surface area contributed by atoms with Crippen molar-refractivity contribution in [3.63, 3.8) is 0 Å². The Kier molecular flexibility index (Phi) is 15.4. The molecule has 0 nitrogen and oxygen atoms in total. The molecule has 12 bridgehead atoms. The molecule has 0 fully saturated rings. The van der Waals surface area contributed by atoms with Crippen molar-refractivity contribution in [3.8, 4) is 47.4 Å². The summed E-state index contributed by atoms with van der Waals surface area (Å²) in [5.41, 5.74) is 5.68. The summed E-state index contributed by atoms with van der Waals surface area (Å²) in [7, 11) is 0. The molecule has 0 radical (unpaired) electrons. The molecule has 1 aliphatic heterocycles. The molecule has 0 saturated heterocycles. The lowest BCUT2D eigenvalue weighted by molar-refractivity contribution is 0.760. The topological polar surface area (TPSA) is 0 Å². The monoisotopic (exact) mass is 864 g/mol.